The molecule has 0 heterocycles. The fraction of sp³-hybridized carbons (Fsp3) is 0.263. The van der Waals surface area contributed by atoms with Gasteiger partial charge in [0.25, 0.3) is 5.91 Å². The van der Waals surface area contributed by atoms with Gasteiger partial charge in [0.2, 0.25) is 0 Å². The van der Waals surface area contributed by atoms with Gasteiger partial charge in [-0.15, -0.1) is 0 Å². The number of halogens is 3. The number of hydrogen-bond donors (Lipinski definition) is 1. The van der Waals surface area contributed by atoms with Gasteiger partial charge in [0.1, 0.15) is 5.75 Å². The monoisotopic (exact) mass is 379 g/mol. The standard InChI is InChI=1S/C19H20F3N3O2/c1-13(23-24-17-7-5-4-6-16(17)19(20,21)22)14-8-10-15(11-9-14)27-12-18(26)25(2)3/h4-11,24H,12H2,1-3H3/b23-13-. The van der Waals surface area contributed by atoms with E-state index in [9.17, 15) is 18.0 Å². The van der Waals surface area contributed by atoms with Crippen LogP contribution in [0.4, 0.5) is 18.9 Å². The summed E-state index contributed by atoms with van der Waals surface area (Å²) in [6.45, 7) is 1.60. The van der Waals surface area contributed by atoms with Gasteiger partial charge < -0.3 is 9.64 Å². The summed E-state index contributed by atoms with van der Waals surface area (Å²) in [4.78, 5) is 12.9. The van der Waals surface area contributed by atoms with Gasteiger partial charge >= 0.3 is 6.18 Å². The van der Waals surface area contributed by atoms with Crippen molar-refractivity contribution in [3.8, 4) is 5.75 Å². The molecule has 144 valence electrons. The van der Waals surface area contributed by atoms with Crippen LogP contribution in [0.15, 0.2) is 53.6 Å². The normalized spacial score (nSPS) is 11.9. The average molecular weight is 379 g/mol. The number of para-hydroxylation sites is 1. The molecule has 0 aliphatic carbocycles. The van der Waals surface area contributed by atoms with Crippen molar-refractivity contribution >= 4 is 17.3 Å². The lowest BCUT2D eigenvalue weighted by Gasteiger charge is -2.13. The molecule has 2 rings (SSSR count). The summed E-state index contributed by atoms with van der Waals surface area (Å²) in [5.74, 6) is 0.349. The summed E-state index contributed by atoms with van der Waals surface area (Å²) in [5, 5.41) is 4.03. The summed E-state index contributed by atoms with van der Waals surface area (Å²) < 4.78 is 44.3. The lowest BCUT2D eigenvalue weighted by molar-refractivity contribution is -0.137. The number of likely N-dealkylation sites (N-methyl/N-ethyl adjacent to an activating group) is 1. The molecule has 1 amide bonds. The van der Waals surface area contributed by atoms with Crippen molar-refractivity contribution in [2.24, 2.45) is 5.10 Å². The summed E-state index contributed by atoms with van der Waals surface area (Å²) >= 11 is 0. The van der Waals surface area contributed by atoms with E-state index in [-0.39, 0.29) is 18.2 Å². The molecule has 2 aromatic carbocycles. The number of alkyl halides is 3. The third-order valence-electron chi connectivity index (χ3n) is 3.71. The molecule has 27 heavy (non-hydrogen) atoms. The Kier molecular flexibility index (Phi) is 6.44. The molecule has 5 nitrogen and oxygen atoms in total. The largest absolute Gasteiger partial charge is 0.484 e. The predicted octanol–water partition coefficient (Wildman–Crippen LogP) is 4.01. The van der Waals surface area contributed by atoms with Crippen LogP contribution in [0.1, 0.15) is 18.1 Å². The molecule has 0 unspecified atom stereocenters. The SMILES string of the molecule is C/C(=N/Nc1ccccc1C(F)(F)F)c1ccc(OCC(=O)N(C)C)cc1. The quantitative estimate of drug-likeness (QED) is 0.610. The Labute approximate surface area is 155 Å². The summed E-state index contributed by atoms with van der Waals surface area (Å²) in [5.41, 5.74) is 2.78. The lowest BCUT2D eigenvalue weighted by Crippen LogP contribution is -2.27. The van der Waals surface area contributed by atoms with Crippen LogP contribution in [-0.2, 0) is 11.0 Å². The number of anilines is 1. The molecular weight excluding hydrogens is 359 g/mol. The van der Waals surface area contributed by atoms with Crippen molar-refractivity contribution < 1.29 is 22.7 Å². The third kappa shape index (κ3) is 5.73. The topological polar surface area (TPSA) is 53.9 Å². The van der Waals surface area contributed by atoms with Crippen molar-refractivity contribution in [2.75, 3.05) is 26.1 Å². The van der Waals surface area contributed by atoms with E-state index in [0.29, 0.717) is 17.0 Å². The minimum absolute atomic E-state index is 0.0742. The number of ether oxygens (including phenoxy) is 1. The summed E-state index contributed by atoms with van der Waals surface area (Å²) in [6, 6.07) is 11.9. The van der Waals surface area contributed by atoms with Crippen molar-refractivity contribution in [3.63, 3.8) is 0 Å². The minimum Gasteiger partial charge on any atom is -0.484 e. The Hall–Kier alpha value is -3.03. The van der Waals surface area contributed by atoms with Crippen LogP contribution in [0.5, 0.6) is 5.75 Å². The number of carbonyl (C=O) groups excluding carboxylic acids is 1. The van der Waals surface area contributed by atoms with Gasteiger partial charge in [0.05, 0.1) is 17.0 Å². The van der Waals surface area contributed by atoms with Crippen molar-refractivity contribution in [1.29, 1.82) is 0 Å². The van der Waals surface area contributed by atoms with E-state index < -0.39 is 11.7 Å². The Morgan fingerprint density at radius 1 is 1.11 bits per heavy atom. The van der Waals surface area contributed by atoms with Gasteiger partial charge in [0, 0.05) is 14.1 Å². The molecule has 8 heteroatoms. The molecule has 0 aromatic heterocycles. The van der Waals surface area contributed by atoms with E-state index in [2.05, 4.69) is 10.5 Å². The number of hydrazone groups is 1. The van der Waals surface area contributed by atoms with Crippen LogP contribution in [0.2, 0.25) is 0 Å². The Morgan fingerprint density at radius 3 is 2.33 bits per heavy atom. The molecule has 0 fully saturated rings. The number of rotatable bonds is 6. The van der Waals surface area contributed by atoms with Crippen LogP contribution in [0.3, 0.4) is 0 Å². The molecule has 0 spiro atoms. The summed E-state index contributed by atoms with van der Waals surface area (Å²) in [7, 11) is 3.27. The van der Waals surface area contributed by atoms with Crippen LogP contribution in [0, 0.1) is 0 Å². The first-order chi connectivity index (χ1) is 12.7. The molecule has 2 aromatic rings. The highest BCUT2D eigenvalue weighted by Gasteiger charge is 2.33. The van der Waals surface area contributed by atoms with Gasteiger partial charge in [-0.1, -0.05) is 12.1 Å². The molecule has 0 aliphatic rings. The molecular formula is C19H20F3N3O2. The van der Waals surface area contributed by atoms with E-state index in [1.807, 2.05) is 0 Å². The molecule has 0 radical (unpaired) electrons. The van der Waals surface area contributed by atoms with Gasteiger partial charge in [-0.2, -0.15) is 18.3 Å². The Morgan fingerprint density at radius 2 is 1.74 bits per heavy atom. The highest BCUT2D eigenvalue weighted by Crippen LogP contribution is 2.34. The van der Waals surface area contributed by atoms with Gasteiger partial charge in [-0.25, -0.2) is 0 Å². The fourth-order valence-corrected chi connectivity index (χ4v) is 2.10. The molecule has 0 saturated carbocycles. The first-order valence-electron chi connectivity index (χ1n) is 8.08. The number of amides is 1. The number of carbonyl (C=O) groups is 1. The van der Waals surface area contributed by atoms with E-state index in [0.717, 1.165) is 6.07 Å². The molecule has 0 bridgehead atoms. The van der Waals surface area contributed by atoms with E-state index in [1.54, 1.807) is 45.3 Å². The fourth-order valence-electron chi connectivity index (χ4n) is 2.10. The zero-order chi connectivity index (χ0) is 20.0. The van der Waals surface area contributed by atoms with Crippen LogP contribution in [-0.4, -0.2) is 37.2 Å². The van der Waals surface area contributed by atoms with Crippen LogP contribution in [0.25, 0.3) is 0 Å². The van der Waals surface area contributed by atoms with E-state index in [4.69, 9.17) is 4.74 Å². The van der Waals surface area contributed by atoms with Crippen molar-refractivity contribution in [2.45, 2.75) is 13.1 Å². The van der Waals surface area contributed by atoms with Crippen LogP contribution < -0.4 is 10.2 Å². The maximum absolute atomic E-state index is 13.0. The third-order valence-corrected chi connectivity index (χ3v) is 3.71. The number of hydrogen-bond acceptors (Lipinski definition) is 4. The highest BCUT2D eigenvalue weighted by molar-refractivity contribution is 5.99. The van der Waals surface area contributed by atoms with Crippen molar-refractivity contribution in [3.05, 3.63) is 59.7 Å². The minimum atomic E-state index is -4.46. The maximum atomic E-state index is 13.0. The second kappa shape index (κ2) is 8.57. The lowest BCUT2D eigenvalue weighted by atomic mass is 10.1. The van der Waals surface area contributed by atoms with Gasteiger partial charge in [0.15, 0.2) is 6.61 Å². The zero-order valence-electron chi connectivity index (χ0n) is 15.2. The smallest absolute Gasteiger partial charge is 0.418 e. The number of nitrogens with one attached hydrogen (secondary N) is 1. The number of nitrogens with zero attached hydrogens (tertiary/aromatic N) is 2. The zero-order valence-corrected chi connectivity index (χ0v) is 15.2. The Balaban J connectivity index is 2.06. The second-order valence-corrected chi connectivity index (χ2v) is 5.95. The second-order valence-electron chi connectivity index (χ2n) is 5.95. The molecule has 0 aliphatic heterocycles. The van der Waals surface area contributed by atoms with Crippen LogP contribution >= 0.6 is 0 Å². The predicted molar refractivity (Wildman–Crippen MR) is 97.9 cm³/mol. The summed E-state index contributed by atoms with van der Waals surface area (Å²) in [6.07, 6.45) is -4.46. The van der Waals surface area contributed by atoms with E-state index >= 15 is 0 Å². The maximum Gasteiger partial charge on any atom is 0.418 e. The van der Waals surface area contributed by atoms with E-state index in [1.165, 1.54) is 23.1 Å². The molecule has 1 N–H and O–H groups in total. The molecule has 0 atom stereocenters. The highest BCUT2D eigenvalue weighted by atomic mass is 19.4. The average Bonchev–Trinajstić information content (AvgIpc) is 2.64. The molecule has 0 saturated heterocycles. The van der Waals surface area contributed by atoms with Crippen molar-refractivity contribution in [1.82, 2.24) is 4.90 Å². The first-order valence-corrected chi connectivity index (χ1v) is 8.08. The van der Waals surface area contributed by atoms with Gasteiger partial charge in [-0.05, 0) is 48.9 Å². The Bertz CT molecular complexity index is 816. The number of benzene rings is 2. The first kappa shape index (κ1) is 20.3. The van der Waals surface area contributed by atoms with Gasteiger partial charge in [-0.3, -0.25) is 10.2 Å².